The monoisotopic (exact) mass is 285 g/mol. The molecule has 0 aliphatic rings. The number of nitrogens with one attached hydrogen (secondary N) is 1. The second-order valence-corrected chi connectivity index (χ2v) is 5.07. The molecule has 0 bridgehead atoms. The van der Waals surface area contributed by atoms with Crippen molar-refractivity contribution in [1.29, 1.82) is 0 Å². The molecule has 0 unspecified atom stereocenters. The first-order chi connectivity index (χ1) is 9.83. The van der Waals surface area contributed by atoms with Crippen LogP contribution in [0.4, 0.5) is 0 Å². The van der Waals surface area contributed by atoms with Crippen LogP contribution in [-0.4, -0.2) is 16.0 Å². The maximum Gasteiger partial charge on any atom is 0.290 e. The minimum absolute atomic E-state index is 0.201. The molecule has 0 spiro atoms. The number of carbonyl (C=O) groups is 1. The molecular weight excluding hydrogens is 274 g/mol. The van der Waals surface area contributed by atoms with Crippen molar-refractivity contribution >= 4 is 17.2 Å². The van der Waals surface area contributed by atoms with Crippen molar-refractivity contribution < 1.29 is 9.32 Å². The SMILES string of the molecule is O=C(NCc1cncc(-c2cccs2)c1)c1ccno1. The number of nitrogens with zero attached hydrogens (tertiary/aromatic N) is 2. The molecule has 0 saturated heterocycles. The largest absolute Gasteiger partial charge is 0.351 e. The second kappa shape index (κ2) is 5.66. The van der Waals surface area contributed by atoms with Gasteiger partial charge in [-0.2, -0.15) is 0 Å². The standard InChI is InChI=1S/C14H11N3O2S/c18-14(12-3-4-17-19-12)16-8-10-6-11(9-15-7-10)13-2-1-5-20-13/h1-7,9H,8H2,(H,16,18). The number of thiophene rings is 1. The van der Waals surface area contributed by atoms with Crippen LogP contribution in [0.3, 0.4) is 0 Å². The average Bonchev–Trinajstić information content (AvgIpc) is 3.17. The first-order valence-electron chi connectivity index (χ1n) is 5.99. The van der Waals surface area contributed by atoms with E-state index in [4.69, 9.17) is 4.52 Å². The van der Waals surface area contributed by atoms with Crippen molar-refractivity contribution in [2.75, 3.05) is 0 Å². The van der Waals surface area contributed by atoms with Gasteiger partial charge in [0, 0.05) is 35.4 Å². The quantitative estimate of drug-likeness (QED) is 0.800. The van der Waals surface area contributed by atoms with E-state index < -0.39 is 0 Å². The van der Waals surface area contributed by atoms with Gasteiger partial charge in [-0.25, -0.2) is 0 Å². The summed E-state index contributed by atoms with van der Waals surface area (Å²) in [6.45, 7) is 0.395. The van der Waals surface area contributed by atoms with Crippen molar-refractivity contribution in [3.8, 4) is 10.4 Å². The van der Waals surface area contributed by atoms with Crippen molar-refractivity contribution in [3.05, 3.63) is 59.6 Å². The van der Waals surface area contributed by atoms with Gasteiger partial charge in [0.25, 0.3) is 5.91 Å². The normalized spacial score (nSPS) is 10.4. The van der Waals surface area contributed by atoms with Crippen molar-refractivity contribution in [2.24, 2.45) is 0 Å². The predicted molar refractivity (Wildman–Crippen MR) is 75.2 cm³/mol. The maximum absolute atomic E-state index is 11.7. The van der Waals surface area contributed by atoms with E-state index in [0.717, 1.165) is 16.0 Å². The summed E-state index contributed by atoms with van der Waals surface area (Å²) in [5.41, 5.74) is 1.98. The summed E-state index contributed by atoms with van der Waals surface area (Å²) in [5, 5.41) is 8.29. The fraction of sp³-hybridized carbons (Fsp3) is 0.0714. The molecule has 20 heavy (non-hydrogen) atoms. The molecule has 0 fully saturated rings. The van der Waals surface area contributed by atoms with Crippen LogP contribution in [0, 0.1) is 0 Å². The number of hydrogen-bond acceptors (Lipinski definition) is 5. The summed E-state index contributed by atoms with van der Waals surface area (Å²) in [4.78, 5) is 17.1. The van der Waals surface area contributed by atoms with Crippen LogP contribution in [0.2, 0.25) is 0 Å². The van der Waals surface area contributed by atoms with Crippen LogP contribution >= 0.6 is 11.3 Å². The van der Waals surface area contributed by atoms with E-state index in [9.17, 15) is 4.79 Å². The van der Waals surface area contributed by atoms with Crippen molar-refractivity contribution in [3.63, 3.8) is 0 Å². The van der Waals surface area contributed by atoms with E-state index in [1.165, 1.54) is 12.3 Å². The first-order valence-corrected chi connectivity index (χ1v) is 6.87. The summed E-state index contributed by atoms with van der Waals surface area (Å²) >= 11 is 1.66. The molecule has 3 heterocycles. The van der Waals surface area contributed by atoms with Crippen LogP contribution in [0.1, 0.15) is 16.1 Å². The molecule has 6 heteroatoms. The Hall–Kier alpha value is -2.47. The van der Waals surface area contributed by atoms with E-state index in [2.05, 4.69) is 15.5 Å². The second-order valence-electron chi connectivity index (χ2n) is 4.12. The summed E-state index contributed by atoms with van der Waals surface area (Å²) in [5.74, 6) is -0.0867. The summed E-state index contributed by atoms with van der Waals surface area (Å²) in [7, 11) is 0. The molecule has 0 radical (unpaired) electrons. The molecule has 1 amide bonds. The number of amides is 1. The molecule has 3 aromatic heterocycles. The Labute approximate surface area is 119 Å². The molecule has 3 aromatic rings. The Kier molecular flexibility index (Phi) is 3.56. The topological polar surface area (TPSA) is 68.0 Å². The minimum Gasteiger partial charge on any atom is -0.351 e. The van der Waals surface area contributed by atoms with Gasteiger partial charge in [-0.3, -0.25) is 9.78 Å². The summed E-state index contributed by atoms with van der Waals surface area (Å²) < 4.78 is 4.79. The number of pyridine rings is 1. The summed E-state index contributed by atoms with van der Waals surface area (Å²) in [6, 6.07) is 7.58. The minimum atomic E-state index is -0.288. The lowest BCUT2D eigenvalue weighted by atomic mass is 10.2. The zero-order valence-corrected chi connectivity index (χ0v) is 11.3. The zero-order valence-electron chi connectivity index (χ0n) is 10.4. The van der Waals surface area contributed by atoms with Crippen LogP contribution in [0.15, 0.2) is 52.8 Å². The highest BCUT2D eigenvalue weighted by molar-refractivity contribution is 7.13. The predicted octanol–water partition coefficient (Wildman–Crippen LogP) is 2.73. The fourth-order valence-corrected chi connectivity index (χ4v) is 2.47. The third-order valence-corrected chi connectivity index (χ3v) is 3.63. The average molecular weight is 285 g/mol. The first kappa shape index (κ1) is 12.6. The third-order valence-electron chi connectivity index (χ3n) is 2.72. The van der Waals surface area contributed by atoms with Gasteiger partial charge in [0.15, 0.2) is 0 Å². The van der Waals surface area contributed by atoms with Gasteiger partial charge in [-0.15, -0.1) is 11.3 Å². The lowest BCUT2D eigenvalue weighted by Gasteiger charge is -2.04. The number of hydrogen-bond donors (Lipinski definition) is 1. The molecule has 5 nitrogen and oxygen atoms in total. The lowest BCUT2D eigenvalue weighted by Crippen LogP contribution is -2.22. The van der Waals surface area contributed by atoms with Gasteiger partial charge in [0.1, 0.15) is 0 Å². The molecule has 0 aliphatic heterocycles. The fourth-order valence-electron chi connectivity index (χ4n) is 1.76. The van der Waals surface area contributed by atoms with Gasteiger partial charge in [-0.05, 0) is 23.1 Å². The van der Waals surface area contributed by atoms with E-state index >= 15 is 0 Å². The third kappa shape index (κ3) is 2.75. The van der Waals surface area contributed by atoms with Gasteiger partial charge < -0.3 is 9.84 Å². The highest BCUT2D eigenvalue weighted by Gasteiger charge is 2.09. The molecule has 100 valence electrons. The Morgan fingerprint density at radius 3 is 3.05 bits per heavy atom. The van der Waals surface area contributed by atoms with E-state index in [1.54, 1.807) is 17.5 Å². The van der Waals surface area contributed by atoms with Crippen LogP contribution in [0.25, 0.3) is 10.4 Å². The molecule has 0 saturated carbocycles. The molecule has 1 N–H and O–H groups in total. The maximum atomic E-state index is 11.7. The van der Waals surface area contributed by atoms with Crippen LogP contribution in [-0.2, 0) is 6.54 Å². The Bertz CT molecular complexity index is 693. The van der Waals surface area contributed by atoms with Crippen molar-refractivity contribution in [1.82, 2.24) is 15.5 Å². The Morgan fingerprint density at radius 2 is 2.30 bits per heavy atom. The number of rotatable bonds is 4. The molecule has 0 aliphatic carbocycles. The van der Waals surface area contributed by atoms with Gasteiger partial charge in [0.2, 0.25) is 5.76 Å². The molecular formula is C14H11N3O2S. The smallest absolute Gasteiger partial charge is 0.290 e. The lowest BCUT2D eigenvalue weighted by molar-refractivity contribution is 0.0914. The van der Waals surface area contributed by atoms with Crippen LogP contribution in [0.5, 0.6) is 0 Å². The van der Waals surface area contributed by atoms with E-state index in [-0.39, 0.29) is 11.7 Å². The van der Waals surface area contributed by atoms with Gasteiger partial charge in [-0.1, -0.05) is 11.2 Å². The number of aromatic nitrogens is 2. The molecule has 0 aromatic carbocycles. The Morgan fingerprint density at radius 1 is 1.35 bits per heavy atom. The molecule has 0 atom stereocenters. The zero-order chi connectivity index (χ0) is 13.8. The number of carbonyl (C=O) groups excluding carboxylic acids is 1. The summed E-state index contributed by atoms with van der Waals surface area (Å²) in [6.07, 6.45) is 4.99. The van der Waals surface area contributed by atoms with Crippen molar-refractivity contribution in [2.45, 2.75) is 6.54 Å². The highest BCUT2D eigenvalue weighted by atomic mass is 32.1. The van der Waals surface area contributed by atoms with Gasteiger partial charge in [0.05, 0.1) is 6.20 Å². The molecule has 3 rings (SSSR count). The van der Waals surface area contributed by atoms with E-state index in [0.29, 0.717) is 6.54 Å². The Balaban J connectivity index is 1.69. The van der Waals surface area contributed by atoms with Crippen LogP contribution < -0.4 is 5.32 Å². The van der Waals surface area contributed by atoms with E-state index in [1.807, 2.05) is 29.8 Å². The van der Waals surface area contributed by atoms with Gasteiger partial charge >= 0.3 is 0 Å². The highest BCUT2D eigenvalue weighted by Crippen LogP contribution is 2.24.